The molecule has 3 aromatic rings. The molecule has 6 N–H and O–H groups in total. The largest absolute Gasteiger partial charge is 0.545 e. The van der Waals surface area contributed by atoms with Crippen molar-refractivity contribution in [1.29, 1.82) is 0 Å². The molecule has 6 rings (SSSR count). The van der Waals surface area contributed by atoms with E-state index in [0.29, 0.717) is 77.4 Å². The van der Waals surface area contributed by atoms with Crippen molar-refractivity contribution in [3.8, 4) is 5.69 Å². The molecular weight excluding hydrogens is 1040 g/mol. The maximum absolute atomic E-state index is 13.3. The Morgan fingerprint density at radius 3 is 2.14 bits per heavy atom. The van der Waals surface area contributed by atoms with E-state index in [2.05, 4.69) is 95.0 Å². The summed E-state index contributed by atoms with van der Waals surface area (Å²) in [6.45, 7) is 19.8. The Balaban J connectivity index is 0.00000196. The zero-order valence-corrected chi connectivity index (χ0v) is 50.4. The van der Waals surface area contributed by atoms with Gasteiger partial charge in [-0.3, -0.25) is 26.0 Å². The number of unbranched alkanes of at least 4 members (excludes halogenated alkanes) is 4. The number of nitrogens with zero attached hydrogens (tertiary/aromatic N) is 6. The van der Waals surface area contributed by atoms with Crippen molar-refractivity contribution in [1.82, 2.24) is 40.5 Å². The molecule has 2 fully saturated rings. The molecule has 17 nitrogen and oxygen atoms in total. The number of amides is 3. The van der Waals surface area contributed by atoms with Crippen LogP contribution in [-0.4, -0.2) is 148 Å². The first-order valence-corrected chi connectivity index (χ1v) is 27.2. The number of esters is 1. The molecule has 0 spiro atoms. The number of hydrogen-bond acceptors (Lipinski definition) is 13. The summed E-state index contributed by atoms with van der Waals surface area (Å²) in [6, 6.07) is 13.1. The molecule has 5 heterocycles. The number of ether oxygens (including phenoxy) is 1. The molecular formula is C56H92CdN11O6-. The molecule has 3 amide bonds. The summed E-state index contributed by atoms with van der Waals surface area (Å²) in [5.41, 5.74) is 13.0. The number of aromatic nitrogens is 3. The number of pyridine rings is 1. The Morgan fingerprint density at radius 1 is 0.851 bits per heavy atom. The summed E-state index contributed by atoms with van der Waals surface area (Å²) in [5, 5.41) is 17.0. The van der Waals surface area contributed by atoms with Gasteiger partial charge in [0.25, 0.3) is 0 Å². The maximum Gasteiger partial charge on any atom is 0.306 e. The Hall–Kier alpha value is -4.47. The number of anilines is 2. The minimum absolute atomic E-state index is 0. The molecule has 2 atom stereocenters. The predicted octanol–water partition coefficient (Wildman–Crippen LogP) is 6.56. The van der Waals surface area contributed by atoms with Gasteiger partial charge >= 0.3 is 5.97 Å². The number of nitrogens with one attached hydrogen (secondary N) is 4. The van der Waals surface area contributed by atoms with Crippen molar-refractivity contribution in [2.24, 2.45) is 11.7 Å². The smallest absolute Gasteiger partial charge is 0.306 e. The Labute approximate surface area is 464 Å². The molecule has 0 bridgehead atoms. The number of methoxy groups -OCH3 is 1. The van der Waals surface area contributed by atoms with Crippen molar-refractivity contribution in [2.45, 2.75) is 143 Å². The molecule has 0 radical (unpaired) electrons. The molecule has 0 saturated carbocycles. The van der Waals surface area contributed by atoms with E-state index in [-0.39, 0.29) is 63.3 Å². The second-order valence-electron chi connectivity index (χ2n) is 19.7. The van der Waals surface area contributed by atoms with Crippen LogP contribution in [0, 0.1) is 19.8 Å². The maximum atomic E-state index is 13.3. The van der Waals surface area contributed by atoms with Gasteiger partial charge in [-0.2, -0.15) is 5.10 Å². The zero-order valence-electron chi connectivity index (χ0n) is 46.4. The van der Waals surface area contributed by atoms with Gasteiger partial charge in [0.2, 0.25) is 17.7 Å². The van der Waals surface area contributed by atoms with Gasteiger partial charge in [0, 0.05) is 128 Å². The van der Waals surface area contributed by atoms with Crippen molar-refractivity contribution >= 4 is 42.0 Å². The van der Waals surface area contributed by atoms with E-state index in [4.69, 9.17) is 25.3 Å². The molecule has 74 heavy (non-hydrogen) atoms. The summed E-state index contributed by atoms with van der Waals surface area (Å²) < 4.78 is 7.24. The van der Waals surface area contributed by atoms with E-state index in [1.54, 1.807) is 0 Å². The van der Waals surface area contributed by atoms with Gasteiger partial charge in [-0.15, -0.1) is 0 Å². The molecule has 2 aromatic heterocycles. The molecule has 2 unspecified atom stereocenters. The molecule has 18 heteroatoms. The summed E-state index contributed by atoms with van der Waals surface area (Å²) in [5.74, 6) is 1.47. The van der Waals surface area contributed by atoms with Gasteiger partial charge in [-0.05, 0) is 159 Å². The van der Waals surface area contributed by atoms with Gasteiger partial charge in [0.1, 0.15) is 5.82 Å². The molecule has 410 valence electrons. The van der Waals surface area contributed by atoms with Gasteiger partial charge in [-0.25, -0.2) is 9.67 Å². The first kappa shape index (κ1) is 65.6. The second kappa shape index (κ2) is 38.1. The van der Waals surface area contributed by atoms with E-state index < -0.39 is 0 Å². The fourth-order valence-electron chi connectivity index (χ4n) is 9.55. The van der Waals surface area contributed by atoms with Crippen molar-refractivity contribution in [3.63, 3.8) is 0 Å². The number of piperazine rings is 1. The fourth-order valence-corrected chi connectivity index (χ4v) is 9.55. The fraction of sp³-hybridized carbons (Fsp3) is 0.661. The number of carbonyl (C=O) groups excluding carboxylic acids is 5. The number of aryl methyl sites for hydroxylation is 4. The van der Waals surface area contributed by atoms with Crippen LogP contribution in [0.4, 0.5) is 11.5 Å². The standard InChI is InChI=1S/C50H76N10O5.C3H8.C2H7N.CHO.Cd/c1-37-30-38(2)60(56-37)45-32-41(42(33-49(64)65-3)36-57-25-20-39(35-57)16-18-43-19-17-40-12-11-24-54-50(40)55-43)31-44(34-45)58-26-28-59(29-27-58)48(63)15-10-14-47(62)53-23-9-5-8-22-52-46(61)13-6-4-7-21-51;2*1-3-2;1-2;/h17,19,30-32,34,39,42H,4-16,18,20-29,33,35-36,51H2,1-3H3,(H,52,61)(H,53,62)(H,54,55);3H2,1-2H3;3H,1-2H3;1H;/q;;;-1;. The van der Waals surface area contributed by atoms with Crippen LogP contribution in [-0.2, 0) is 68.8 Å². The third kappa shape index (κ3) is 24.0. The average molecular weight is 1130 g/mol. The Kier molecular flexibility index (Phi) is 33.8. The monoisotopic (exact) mass is 1130 g/mol. The number of likely N-dealkylation sites (tertiary alicyclic amines) is 1. The minimum atomic E-state index is -0.222. The third-order valence-electron chi connectivity index (χ3n) is 13.3. The van der Waals surface area contributed by atoms with E-state index in [1.807, 2.05) is 30.6 Å². The van der Waals surface area contributed by atoms with Crippen LogP contribution >= 0.6 is 0 Å². The van der Waals surface area contributed by atoms with Crippen LogP contribution < -0.4 is 31.9 Å². The quantitative estimate of drug-likeness (QED) is 0.0201. The topological polar surface area (TPSA) is 209 Å². The number of carbonyl (C=O) groups is 4. The zero-order chi connectivity index (χ0) is 53.4. The van der Waals surface area contributed by atoms with Gasteiger partial charge < -0.3 is 51.2 Å². The van der Waals surface area contributed by atoms with Crippen LogP contribution in [0.1, 0.15) is 144 Å². The average Bonchev–Trinajstić information content (AvgIpc) is 4.01. The van der Waals surface area contributed by atoms with Crippen LogP contribution in [0.25, 0.3) is 5.69 Å². The van der Waals surface area contributed by atoms with Crippen LogP contribution in [0.5, 0.6) is 0 Å². The number of nitrogens with two attached hydrogens (primary N) is 1. The Bertz CT molecular complexity index is 2080. The van der Waals surface area contributed by atoms with Crippen molar-refractivity contribution < 1.29 is 56.0 Å². The minimum Gasteiger partial charge on any atom is -0.545 e. The van der Waals surface area contributed by atoms with Crippen LogP contribution in [0.15, 0.2) is 36.4 Å². The third-order valence-corrected chi connectivity index (χ3v) is 13.3. The van der Waals surface area contributed by atoms with Crippen molar-refractivity contribution in [2.75, 3.05) is 103 Å². The normalized spacial score (nSPS) is 15.3. The van der Waals surface area contributed by atoms with Crippen molar-refractivity contribution in [3.05, 3.63) is 64.6 Å². The second-order valence-corrected chi connectivity index (χ2v) is 19.7. The number of hydrogen-bond donors (Lipinski definition) is 5. The predicted molar refractivity (Wildman–Crippen MR) is 294 cm³/mol. The number of benzene rings is 1. The molecule has 3 aliphatic heterocycles. The van der Waals surface area contributed by atoms with Gasteiger partial charge in [0.15, 0.2) is 0 Å². The first-order chi connectivity index (χ1) is 35.4. The summed E-state index contributed by atoms with van der Waals surface area (Å²) in [6.07, 6.45) is 14.2. The molecule has 1 aromatic carbocycles. The van der Waals surface area contributed by atoms with E-state index >= 15 is 0 Å². The van der Waals surface area contributed by atoms with E-state index in [9.17, 15) is 19.2 Å². The molecule has 3 aliphatic rings. The SMILES string of the molecule is CCC.CNC.COC(=O)CC(CN1CCC(CCc2ccc3c(n2)NCCC3)C1)c1cc(N2CCN(C(=O)CCCC(=O)NCCCCCNC(=O)CCCCCN)CC2)cc(-n2nc(C)cc2C)c1.[CH-]=O.[Cd]. The summed E-state index contributed by atoms with van der Waals surface area (Å²) in [7, 11) is 5.21. The molecule has 2 saturated heterocycles. The first-order valence-electron chi connectivity index (χ1n) is 27.2. The molecule has 0 aliphatic carbocycles. The van der Waals surface area contributed by atoms with Crippen LogP contribution in [0.2, 0.25) is 0 Å². The van der Waals surface area contributed by atoms with E-state index in [1.165, 1.54) is 19.1 Å². The van der Waals surface area contributed by atoms with Gasteiger partial charge in [-0.1, -0.05) is 32.8 Å². The van der Waals surface area contributed by atoms with Crippen LogP contribution in [0.3, 0.4) is 0 Å². The Morgan fingerprint density at radius 2 is 1.50 bits per heavy atom. The van der Waals surface area contributed by atoms with Gasteiger partial charge in [0.05, 0.1) is 24.9 Å². The summed E-state index contributed by atoms with van der Waals surface area (Å²) in [4.78, 5) is 70.2. The number of rotatable bonds is 25. The summed E-state index contributed by atoms with van der Waals surface area (Å²) >= 11 is 0. The van der Waals surface area contributed by atoms with E-state index in [0.717, 1.165) is 137 Å². The number of fused-ring (bicyclic) bond motifs is 1.